The first kappa shape index (κ1) is 26.9. The number of hydrogen-bond acceptors (Lipinski definition) is 7. The van der Waals surface area contributed by atoms with Crippen molar-refractivity contribution in [2.75, 3.05) is 17.7 Å². The monoisotopic (exact) mass is 538 g/mol. The van der Waals surface area contributed by atoms with Crippen LogP contribution < -0.4 is 20.1 Å². The number of carbonyl (C=O) groups excluding carboxylic acids is 1. The highest BCUT2D eigenvalue weighted by molar-refractivity contribution is 6.06. The van der Waals surface area contributed by atoms with Gasteiger partial charge in [-0.2, -0.15) is 4.68 Å². The molecule has 9 nitrogen and oxygen atoms in total. The standard InChI is InChI=1S/C31H34N6O3/c1-19-8-7-9-24(16-19)33-29(38)27-20(2)32-30-34-35-36-37(30)28(27)22-12-15-25(26(17-22)39-6)40-18-21-10-13-23(14-11-21)31(3,4)5/h7-17,28H,18H2,1-6H3,(H,33,38)(H,32,34,36). The zero-order chi connectivity index (χ0) is 28.4. The number of methoxy groups -OCH3 is 1. The van der Waals surface area contributed by atoms with E-state index in [2.05, 4.69) is 71.2 Å². The molecule has 9 heteroatoms. The van der Waals surface area contributed by atoms with Gasteiger partial charge in [-0.25, -0.2) is 0 Å². The molecule has 0 aliphatic carbocycles. The van der Waals surface area contributed by atoms with Crippen LogP contribution in [-0.2, 0) is 16.8 Å². The van der Waals surface area contributed by atoms with Crippen molar-refractivity contribution in [2.24, 2.45) is 0 Å². The largest absolute Gasteiger partial charge is 0.493 e. The van der Waals surface area contributed by atoms with E-state index in [0.717, 1.165) is 16.7 Å². The van der Waals surface area contributed by atoms with Gasteiger partial charge in [0.05, 0.1) is 12.7 Å². The minimum absolute atomic E-state index is 0.0924. The van der Waals surface area contributed by atoms with Crippen molar-refractivity contribution < 1.29 is 14.3 Å². The maximum Gasteiger partial charge on any atom is 0.255 e. The Bertz CT molecular complexity index is 1570. The Morgan fingerprint density at radius 1 is 1.02 bits per heavy atom. The maximum atomic E-state index is 13.6. The molecular formula is C31H34N6O3. The van der Waals surface area contributed by atoms with Crippen LogP contribution in [0.2, 0.25) is 0 Å². The number of benzene rings is 3. The highest BCUT2D eigenvalue weighted by Gasteiger charge is 2.34. The van der Waals surface area contributed by atoms with Gasteiger partial charge in [-0.1, -0.05) is 68.3 Å². The molecule has 4 aromatic rings. The van der Waals surface area contributed by atoms with Crippen molar-refractivity contribution in [3.05, 3.63) is 100 Å². The van der Waals surface area contributed by atoms with Crippen LogP contribution in [0.15, 0.2) is 78.0 Å². The Labute approximate surface area is 234 Å². The number of aryl methyl sites for hydroxylation is 1. The fourth-order valence-electron chi connectivity index (χ4n) is 4.77. The molecule has 1 unspecified atom stereocenters. The summed E-state index contributed by atoms with van der Waals surface area (Å²) in [4.78, 5) is 13.6. The molecule has 1 aliphatic rings. The highest BCUT2D eigenvalue weighted by atomic mass is 16.5. The molecule has 0 bridgehead atoms. The number of anilines is 2. The molecule has 3 aromatic carbocycles. The number of tetrazole rings is 1. The summed E-state index contributed by atoms with van der Waals surface area (Å²) in [6.45, 7) is 10.8. The van der Waals surface area contributed by atoms with Gasteiger partial charge >= 0.3 is 0 Å². The minimum atomic E-state index is -0.580. The van der Waals surface area contributed by atoms with Crippen LogP contribution in [0, 0.1) is 6.92 Å². The van der Waals surface area contributed by atoms with Gasteiger partial charge in [-0.15, -0.1) is 0 Å². The number of allylic oxidation sites excluding steroid dienone is 1. The number of nitrogens with one attached hydrogen (secondary N) is 2. The average Bonchev–Trinajstić information content (AvgIpc) is 3.39. The zero-order valence-corrected chi connectivity index (χ0v) is 23.6. The number of amides is 1. The lowest BCUT2D eigenvalue weighted by Crippen LogP contribution is -2.31. The van der Waals surface area contributed by atoms with E-state index in [1.165, 1.54) is 5.56 Å². The van der Waals surface area contributed by atoms with Gasteiger partial charge in [-0.05, 0) is 76.2 Å². The molecule has 0 saturated heterocycles. The molecule has 1 aromatic heterocycles. The molecule has 1 aliphatic heterocycles. The van der Waals surface area contributed by atoms with Crippen LogP contribution in [-0.4, -0.2) is 33.2 Å². The number of rotatable bonds is 7. The van der Waals surface area contributed by atoms with E-state index >= 15 is 0 Å². The van der Waals surface area contributed by atoms with E-state index < -0.39 is 6.04 Å². The first-order chi connectivity index (χ1) is 19.1. The summed E-state index contributed by atoms with van der Waals surface area (Å²) in [5.41, 5.74) is 6.12. The van der Waals surface area contributed by atoms with Crippen molar-refractivity contribution in [3.8, 4) is 11.5 Å². The fraction of sp³-hybridized carbons (Fsp3) is 0.290. The van der Waals surface area contributed by atoms with Crippen LogP contribution >= 0.6 is 0 Å². The molecule has 1 atom stereocenters. The lowest BCUT2D eigenvalue weighted by atomic mass is 9.87. The third-order valence-corrected chi connectivity index (χ3v) is 6.95. The van der Waals surface area contributed by atoms with Crippen molar-refractivity contribution in [1.29, 1.82) is 0 Å². The van der Waals surface area contributed by atoms with E-state index in [9.17, 15) is 4.79 Å². The molecule has 40 heavy (non-hydrogen) atoms. The molecule has 2 heterocycles. The molecule has 0 spiro atoms. The molecule has 0 fully saturated rings. The second-order valence-electron chi connectivity index (χ2n) is 11.0. The zero-order valence-electron chi connectivity index (χ0n) is 23.6. The van der Waals surface area contributed by atoms with Gasteiger partial charge < -0.3 is 20.1 Å². The molecular weight excluding hydrogens is 504 g/mol. The fourth-order valence-corrected chi connectivity index (χ4v) is 4.77. The minimum Gasteiger partial charge on any atom is -0.493 e. The van der Waals surface area contributed by atoms with Gasteiger partial charge in [0, 0.05) is 11.4 Å². The second kappa shape index (κ2) is 10.8. The van der Waals surface area contributed by atoms with Crippen LogP contribution in [0.25, 0.3) is 0 Å². The van der Waals surface area contributed by atoms with Crippen molar-refractivity contribution >= 4 is 17.5 Å². The number of carbonyl (C=O) groups is 1. The SMILES string of the molecule is COc1cc(C2C(C(=O)Nc3cccc(C)c3)=C(C)Nc3nnnn32)ccc1OCc1ccc(C(C)(C)C)cc1. The summed E-state index contributed by atoms with van der Waals surface area (Å²) in [7, 11) is 1.60. The quantitative estimate of drug-likeness (QED) is 0.307. The number of hydrogen-bond donors (Lipinski definition) is 2. The van der Waals surface area contributed by atoms with Crippen molar-refractivity contribution in [1.82, 2.24) is 20.2 Å². The number of nitrogens with zero attached hydrogens (tertiary/aromatic N) is 4. The first-order valence-corrected chi connectivity index (χ1v) is 13.2. The van der Waals surface area contributed by atoms with Crippen LogP contribution in [0.4, 0.5) is 11.6 Å². The summed E-state index contributed by atoms with van der Waals surface area (Å²) >= 11 is 0. The lowest BCUT2D eigenvalue weighted by molar-refractivity contribution is -0.113. The van der Waals surface area contributed by atoms with Crippen molar-refractivity contribution in [3.63, 3.8) is 0 Å². The van der Waals surface area contributed by atoms with Crippen molar-refractivity contribution in [2.45, 2.75) is 52.7 Å². The predicted molar refractivity (Wildman–Crippen MR) is 155 cm³/mol. The normalized spacial score (nSPS) is 14.8. The predicted octanol–water partition coefficient (Wildman–Crippen LogP) is 5.79. The van der Waals surface area contributed by atoms with E-state index in [1.54, 1.807) is 11.8 Å². The van der Waals surface area contributed by atoms with Gasteiger partial charge in [0.2, 0.25) is 5.95 Å². The lowest BCUT2D eigenvalue weighted by Gasteiger charge is -2.28. The van der Waals surface area contributed by atoms with E-state index in [1.807, 2.05) is 56.3 Å². The van der Waals surface area contributed by atoms with Gasteiger partial charge in [0.1, 0.15) is 12.6 Å². The summed E-state index contributed by atoms with van der Waals surface area (Å²) in [5.74, 6) is 1.35. The van der Waals surface area contributed by atoms with Crippen LogP contribution in [0.5, 0.6) is 11.5 Å². The topological polar surface area (TPSA) is 103 Å². The molecule has 0 radical (unpaired) electrons. The van der Waals surface area contributed by atoms with E-state index in [0.29, 0.717) is 41.0 Å². The smallest absolute Gasteiger partial charge is 0.255 e. The summed E-state index contributed by atoms with van der Waals surface area (Å²) in [5, 5.41) is 18.3. The second-order valence-corrected chi connectivity index (χ2v) is 11.0. The third kappa shape index (κ3) is 5.54. The van der Waals surface area contributed by atoms with Crippen LogP contribution in [0.1, 0.15) is 56.0 Å². The number of fused-ring (bicyclic) bond motifs is 1. The molecule has 5 rings (SSSR count). The number of ether oxygens (including phenoxy) is 2. The summed E-state index contributed by atoms with van der Waals surface area (Å²) < 4.78 is 13.5. The Morgan fingerprint density at radius 3 is 2.50 bits per heavy atom. The maximum absolute atomic E-state index is 13.6. The van der Waals surface area contributed by atoms with Gasteiger partial charge in [0.15, 0.2) is 11.5 Å². The van der Waals surface area contributed by atoms with Gasteiger partial charge in [0.25, 0.3) is 5.91 Å². The van der Waals surface area contributed by atoms with Crippen LogP contribution in [0.3, 0.4) is 0 Å². The first-order valence-electron chi connectivity index (χ1n) is 13.2. The summed E-state index contributed by atoms with van der Waals surface area (Å²) in [6, 6.07) is 21.2. The Hall–Kier alpha value is -4.66. The Balaban J connectivity index is 1.43. The summed E-state index contributed by atoms with van der Waals surface area (Å²) in [6.07, 6.45) is 0. The Kier molecular flexibility index (Phi) is 7.30. The Morgan fingerprint density at radius 2 is 1.80 bits per heavy atom. The molecule has 1 amide bonds. The van der Waals surface area contributed by atoms with Gasteiger partial charge in [-0.3, -0.25) is 4.79 Å². The molecule has 206 valence electrons. The van der Waals surface area contributed by atoms with E-state index in [-0.39, 0.29) is 11.3 Å². The third-order valence-electron chi connectivity index (χ3n) is 6.95. The van der Waals surface area contributed by atoms with E-state index in [4.69, 9.17) is 9.47 Å². The molecule has 2 N–H and O–H groups in total. The average molecular weight is 539 g/mol. The molecule has 0 saturated carbocycles. The number of aromatic nitrogens is 4. The highest BCUT2D eigenvalue weighted by Crippen LogP contribution is 2.39.